The summed E-state index contributed by atoms with van der Waals surface area (Å²) in [5, 5.41) is 0. The normalized spacial score (nSPS) is 15.8. The molecule has 1 aliphatic rings. The summed E-state index contributed by atoms with van der Waals surface area (Å²) >= 11 is 0. The molecule has 0 aliphatic heterocycles. The first kappa shape index (κ1) is 19.6. The van der Waals surface area contributed by atoms with Gasteiger partial charge in [-0.1, -0.05) is 38.2 Å². The van der Waals surface area contributed by atoms with Crippen molar-refractivity contribution in [2.45, 2.75) is 63.7 Å². The molecule has 0 unspecified atom stereocenters. The van der Waals surface area contributed by atoms with Crippen LogP contribution in [0.3, 0.4) is 0 Å². The Labute approximate surface area is 159 Å². The van der Waals surface area contributed by atoms with Crippen molar-refractivity contribution >= 4 is 15.9 Å². The average molecular weight is 391 g/mol. The Kier molecular flexibility index (Phi) is 5.69. The highest BCUT2D eigenvalue weighted by molar-refractivity contribution is 7.90. The molecule has 1 heterocycles. The molecule has 3 rings (SSSR count). The van der Waals surface area contributed by atoms with Gasteiger partial charge >= 0.3 is 5.69 Å². The molecular formula is C20H26N2O4S. The summed E-state index contributed by atoms with van der Waals surface area (Å²) in [6.07, 6.45) is 9.33. The third kappa shape index (κ3) is 4.08. The van der Waals surface area contributed by atoms with Crippen LogP contribution >= 0.6 is 0 Å². The van der Waals surface area contributed by atoms with Gasteiger partial charge in [0, 0.05) is 18.8 Å². The van der Waals surface area contributed by atoms with E-state index in [4.69, 9.17) is 0 Å². The lowest BCUT2D eigenvalue weighted by molar-refractivity contribution is 0.0885. The van der Waals surface area contributed by atoms with Crippen molar-refractivity contribution < 1.29 is 13.2 Å². The van der Waals surface area contributed by atoms with E-state index < -0.39 is 15.7 Å². The van der Waals surface area contributed by atoms with Gasteiger partial charge in [-0.25, -0.2) is 17.8 Å². The SMILES string of the molecule is Cc1ccc(S(=O)(=O)n2ccn(C(=O)CCC3CCCCC3)c2=O)cc1C. The molecule has 6 nitrogen and oxygen atoms in total. The Morgan fingerprint density at radius 3 is 2.44 bits per heavy atom. The van der Waals surface area contributed by atoms with Crippen molar-refractivity contribution in [1.29, 1.82) is 0 Å². The van der Waals surface area contributed by atoms with E-state index in [0.717, 1.165) is 41.2 Å². The Bertz CT molecular complexity index is 995. The van der Waals surface area contributed by atoms with Gasteiger partial charge in [0.1, 0.15) is 0 Å². The molecule has 1 aromatic heterocycles. The largest absolute Gasteiger partial charge is 0.349 e. The Morgan fingerprint density at radius 1 is 1.07 bits per heavy atom. The third-order valence-electron chi connectivity index (χ3n) is 5.54. The number of hydrogen-bond donors (Lipinski definition) is 0. The van der Waals surface area contributed by atoms with Gasteiger partial charge in [-0.2, -0.15) is 3.97 Å². The molecule has 7 heteroatoms. The number of carbonyl (C=O) groups excluding carboxylic acids is 1. The predicted molar refractivity (Wildman–Crippen MR) is 104 cm³/mol. The van der Waals surface area contributed by atoms with E-state index in [-0.39, 0.29) is 17.2 Å². The topological polar surface area (TPSA) is 78.1 Å². The summed E-state index contributed by atoms with van der Waals surface area (Å²) in [5.41, 5.74) is 0.964. The number of aryl methyl sites for hydroxylation is 2. The first-order valence-electron chi connectivity index (χ1n) is 9.47. The fourth-order valence-corrected chi connectivity index (χ4v) is 4.95. The molecule has 1 saturated carbocycles. The quantitative estimate of drug-likeness (QED) is 0.783. The van der Waals surface area contributed by atoms with E-state index in [9.17, 15) is 18.0 Å². The molecule has 0 radical (unpaired) electrons. The maximum atomic E-state index is 12.8. The van der Waals surface area contributed by atoms with Crippen molar-refractivity contribution in [2.75, 3.05) is 0 Å². The minimum absolute atomic E-state index is 0.0418. The summed E-state index contributed by atoms with van der Waals surface area (Å²) in [6, 6.07) is 4.73. The van der Waals surface area contributed by atoms with Crippen molar-refractivity contribution in [3.8, 4) is 0 Å². The van der Waals surface area contributed by atoms with Gasteiger partial charge in [0.25, 0.3) is 10.0 Å². The van der Waals surface area contributed by atoms with Crippen molar-refractivity contribution in [1.82, 2.24) is 8.54 Å². The first-order valence-corrected chi connectivity index (χ1v) is 10.9. The zero-order valence-electron chi connectivity index (χ0n) is 15.8. The molecule has 146 valence electrons. The molecule has 1 aromatic carbocycles. The lowest BCUT2D eigenvalue weighted by atomic mass is 9.86. The number of nitrogens with zero attached hydrogens (tertiary/aromatic N) is 2. The zero-order chi connectivity index (χ0) is 19.6. The van der Waals surface area contributed by atoms with E-state index >= 15 is 0 Å². The van der Waals surface area contributed by atoms with Gasteiger partial charge in [0.2, 0.25) is 5.91 Å². The monoisotopic (exact) mass is 390 g/mol. The van der Waals surface area contributed by atoms with E-state index in [0.29, 0.717) is 9.89 Å². The molecule has 2 aromatic rings. The third-order valence-corrected chi connectivity index (χ3v) is 7.19. The highest BCUT2D eigenvalue weighted by Crippen LogP contribution is 2.27. The number of hydrogen-bond acceptors (Lipinski definition) is 4. The second kappa shape index (κ2) is 7.84. The van der Waals surface area contributed by atoms with Crippen molar-refractivity contribution in [3.05, 3.63) is 52.2 Å². The molecule has 0 saturated heterocycles. The van der Waals surface area contributed by atoms with Crippen LogP contribution in [-0.4, -0.2) is 22.9 Å². The fourth-order valence-electron chi connectivity index (χ4n) is 3.65. The highest BCUT2D eigenvalue weighted by atomic mass is 32.2. The molecule has 1 fully saturated rings. The van der Waals surface area contributed by atoms with Gasteiger partial charge < -0.3 is 0 Å². The summed E-state index contributed by atoms with van der Waals surface area (Å²) in [5.74, 6) is 0.180. The lowest BCUT2D eigenvalue weighted by Gasteiger charge is -2.20. The molecule has 0 atom stereocenters. The molecule has 0 N–H and O–H groups in total. The van der Waals surface area contributed by atoms with Crippen LogP contribution in [0.5, 0.6) is 0 Å². The molecule has 27 heavy (non-hydrogen) atoms. The van der Waals surface area contributed by atoms with Gasteiger partial charge in [-0.3, -0.25) is 4.79 Å². The highest BCUT2D eigenvalue weighted by Gasteiger charge is 2.23. The van der Waals surface area contributed by atoms with E-state index in [1.165, 1.54) is 31.5 Å². The minimum Gasteiger partial charge on any atom is -0.274 e. The van der Waals surface area contributed by atoms with Crippen molar-refractivity contribution in [3.63, 3.8) is 0 Å². The summed E-state index contributed by atoms with van der Waals surface area (Å²) < 4.78 is 27.2. The second-order valence-corrected chi connectivity index (χ2v) is 9.25. The van der Waals surface area contributed by atoms with Gasteiger partial charge in [0.15, 0.2) is 0 Å². The van der Waals surface area contributed by atoms with Crippen LogP contribution < -0.4 is 5.69 Å². The van der Waals surface area contributed by atoms with Crippen LogP contribution in [0.1, 0.15) is 60.9 Å². The summed E-state index contributed by atoms with van der Waals surface area (Å²) in [4.78, 5) is 25.0. The van der Waals surface area contributed by atoms with Gasteiger partial charge in [-0.05, 0) is 49.4 Å². The van der Waals surface area contributed by atoms with Crippen LogP contribution in [0.15, 0.2) is 40.3 Å². The van der Waals surface area contributed by atoms with Gasteiger partial charge in [0.05, 0.1) is 4.90 Å². The lowest BCUT2D eigenvalue weighted by Crippen LogP contribution is -2.32. The van der Waals surface area contributed by atoms with E-state index in [2.05, 4.69) is 0 Å². The number of carbonyl (C=O) groups is 1. The number of benzene rings is 1. The molecule has 0 bridgehead atoms. The number of rotatable bonds is 5. The zero-order valence-corrected chi connectivity index (χ0v) is 16.7. The van der Waals surface area contributed by atoms with E-state index in [1.54, 1.807) is 12.1 Å². The average Bonchev–Trinajstić information content (AvgIpc) is 3.05. The van der Waals surface area contributed by atoms with Crippen LogP contribution in [-0.2, 0) is 10.0 Å². The molecule has 0 spiro atoms. The molecule has 1 aliphatic carbocycles. The number of imidazole rings is 1. The maximum absolute atomic E-state index is 12.8. The Morgan fingerprint density at radius 2 is 1.78 bits per heavy atom. The molecular weight excluding hydrogens is 364 g/mol. The van der Waals surface area contributed by atoms with Crippen LogP contribution in [0, 0.1) is 19.8 Å². The smallest absolute Gasteiger partial charge is 0.274 e. The summed E-state index contributed by atoms with van der Waals surface area (Å²) in [7, 11) is -4.03. The first-order chi connectivity index (χ1) is 12.8. The van der Waals surface area contributed by atoms with Crippen LogP contribution in [0.25, 0.3) is 0 Å². The number of aromatic nitrogens is 2. The molecule has 0 amide bonds. The van der Waals surface area contributed by atoms with Gasteiger partial charge in [-0.15, -0.1) is 0 Å². The predicted octanol–water partition coefficient (Wildman–Crippen LogP) is 3.50. The van der Waals surface area contributed by atoms with Crippen LogP contribution in [0.2, 0.25) is 0 Å². The fraction of sp³-hybridized carbons (Fsp3) is 0.500. The van der Waals surface area contributed by atoms with E-state index in [1.807, 2.05) is 13.8 Å². The van der Waals surface area contributed by atoms with Crippen LogP contribution in [0.4, 0.5) is 0 Å². The maximum Gasteiger partial charge on any atom is 0.349 e. The Hall–Kier alpha value is -2.15. The standard InChI is InChI=1S/C20H26N2O4S/c1-15-8-10-18(14-16(15)2)27(25,26)22-13-12-21(20(22)24)19(23)11-9-17-6-4-3-5-7-17/h8,10,12-14,17H,3-7,9,11H2,1-2H3. The Balaban J connectivity index is 1.80. The summed E-state index contributed by atoms with van der Waals surface area (Å²) in [6.45, 7) is 3.70. The van der Waals surface area contributed by atoms with Crippen molar-refractivity contribution in [2.24, 2.45) is 5.92 Å². The second-order valence-electron chi connectivity index (χ2n) is 7.43. The minimum atomic E-state index is -4.03.